The predicted molar refractivity (Wildman–Crippen MR) is 88.2 cm³/mol. The van der Waals surface area contributed by atoms with E-state index in [0.29, 0.717) is 13.2 Å². The summed E-state index contributed by atoms with van der Waals surface area (Å²) >= 11 is 0. The molecule has 3 heterocycles. The van der Waals surface area contributed by atoms with Crippen molar-refractivity contribution in [1.82, 2.24) is 14.7 Å². The predicted octanol–water partition coefficient (Wildman–Crippen LogP) is -1.30. The molecule has 0 bridgehead atoms. The molecule has 11 nitrogen and oxygen atoms in total. The van der Waals surface area contributed by atoms with Gasteiger partial charge in [-0.15, -0.1) is 0 Å². The maximum absolute atomic E-state index is 12.7. The SMILES string of the molecule is C=C(C)C(=O)OC(CO)CN1C(=O)N(CC2CO2)C(=O)N(CC2CO2)C1O. The van der Waals surface area contributed by atoms with Crippen molar-refractivity contribution in [3.63, 3.8) is 0 Å². The number of nitrogens with zero attached hydrogens (tertiary/aromatic N) is 3. The minimum Gasteiger partial charge on any atom is -0.455 e. The molecule has 0 saturated carbocycles. The van der Waals surface area contributed by atoms with E-state index in [4.69, 9.17) is 14.2 Å². The van der Waals surface area contributed by atoms with E-state index in [1.807, 2.05) is 0 Å². The zero-order valence-electron chi connectivity index (χ0n) is 14.9. The van der Waals surface area contributed by atoms with E-state index in [1.54, 1.807) is 0 Å². The summed E-state index contributed by atoms with van der Waals surface area (Å²) in [6, 6.07) is -1.39. The number of esters is 1. The van der Waals surface area contributed by atoms with Gasteiger partial charge in [0.05, 0.1) is 51.7 Å². The monoisotopic (exact) mass is 385 g/mol. The van der Waals surface area contributed by atoms with Gasteiger partial charge in [-0.25, -0.2) is 19.3 Å². The second-order valence-electron chi connectivity index (χ2n) is 6.73. The first kappa shape index (κ1) is 19.5. The highest BCUT2D eigenvalue weighted by Gasteiger charge is 2.47. The summed E-state index contributed by atoms with van der Waals surface area (Å²) in [5, 5.41) is 20.1. The van der Waals surface area contributed by atoms with E-state index in [9.17, 15) is 24.6 Å². The lowest BCUT2D eigenvalue weighted by atomic mass is 10.3. The van der Waals surface area contributed by atoms with Gasteiger partial charge in [-0.1, -0.05) is 6.58 Å². The molecule has 4 atom stereocenters. The Bertz CT molecular complexity index is 633. The molecular weight excluding hydrogens is 362 g/mol. The quantitative estimate of drug-likeness (QED) is 0.284. The molecule has 0 spiro atoms. The summed E-state index contributed by atoms with van der Waals surface area (Å²) in [5.74, 6) is -0.726. The first-order chi connectivity index (χ1) is 12.8. The highest BCUT2D eigenvalue weighted by atomic mass is 16.6. The zero-order chi connectivity index (χ0) is 19.7. The summed E-state index contributed by atoms with van der Waals surface area (Å²) in [5.41, 5.74) is 0.133. The number of urea groups is 2. The molecule has 3 saturated heterocycles. The van der Waals surface area contributed by atoms with E-state index in [0.717, 1.165) is 14.7 Å². The number of aliphatic hydroxyl groups excluding tert-OH is 2. The Labute approximate surface area is 155 Å². The molecule has 4 amide bonds. The van der Waals surface area contributed by atoms with Crippen LogP contribution < -0.4 is 0 Å². The number of carbonyl (C=O) groups is 3. The Balaban J connectivity index is 1.75. The van der Waals surface area contributed by atoms with Crippen LogP contribution in [0.5, 0.6) is 0 Å². The van der Waals surface area contributed by atoms with Crippen LogP contribution in [-0.4, -0.2) is 107 Å². The van der Waals surface area contributed by atoms with Crippen molar-refractivity contribution in [1.29, 1.82) is 0 Å². The standard InChI is InChI=1S/C16H23N3O8/c1-9(2)13(21)27-10(6-20)3-17-14(22)18(4-11-7-25-11)16(24)19(15(17)23)5-12-8-26-12/h10-12,14,20,22H,1,3-8H2,2H3. The van der Waals surface area contributed by atoms with Gasteiger partial charge < -0.3 is 24.4 Å². The van der Waals surface area contributed by atoms with Gasteiger partial charge in [-0.3, -0.25) is 9.80 Å². The van der Waals surface area contributed by atoms with Gasteiger partial charge in [0, 0.05) is 5.57 Å². The average Bonchev–Trinajstić information content (AvgIpc) is 3.53. The lowest BCUT2D eigenvalue weighted by Crippen LogP contribution is -2.68. The normalized spacial score (nSPS) is 28.3. The average molecular weight is 385 g/mol. The molecule has 3 aliphatic rings. The molecule has 150 valence electrons. The Kier molecular flexibility index (Phi) is 5.65. The molecule has 4 unspecified atom stereocenters. The summed E-state index contributed by atoms with van der Waals surface area (Å²) < 4.78 is 15.3. The summed E-state index contributed by atoms with van der Waals surface area (Å²) in [4.78, 5) is 40.1. The molecule has 0 aliphatic carbocycles. The summed E-state index contributed by atoms with van der Waals surface area (Å²) in [6.07, 6.45) is -3.08. The van der Waals surface area contributed by atoms with E-state index >= 15 is 0 Å². The Morgan fingerprint density at radius 3 is 2.30 bits per heavy atom. The Morgan fingerprint density at radius 1 is 1.22 bits per heavy atom. The maximum Gasteiger partial charge on any atom is 0.333 e. The Hall–Kier alpha value is -2.21. The summed E-state index contributed by atoms with van der Waals surface area (Å²) in [6.45, 7) is 5.11. The maximum atomic E-state index is 12.7. The van der Waals surface area contributed by atoms with Crippen LogP contribution in [0.25, 0.3) is 0 Å². The van der Waals surface area contributed by atoms with Crippen molar-refractivity contribution in [2.45, 2.75) is 31.6 Å². The van der Waals surface area contributed by atoms with Gasteiger partial charge >= 0.3 is 18.0 Å². The number of carbonyl (C=O) groups excluding carboxylic acids is 3. The van der Waals surface area contributed by atoms with E-state index in [-0.39, 0.29) is 37.4 Å². The minimum atomic E-state index is -1.57. The van der Waals surface area contributed by atoms with Crippen molar-refractivity contribution in [2.75, 3.05) is 39.5 Å². The third kappa shape index (κ3) is 4.56. The molecule has 27 heavy (non-hydrogen) atoms. The second kappa shape index (κ2) is 7.80. The Morgan fingerprint density at radius 2 is 1.78 bits per heavy atom. The number of amides is 4. The van der Waals surface area contributed by atoms with Crippen LogP contribution >= 0.6 is 0 Å². The van der Waals surface area contributed by atoms with Crippen LogP contribution in [0.3, 0.4) is 0 Å². The van der Waals surface area contributed by atoms with E-state index in [1.165, 1.54) is 6.92 Å². The number of aliphatic hydroxyl groups is 2. The lowest BCUT2D eigenvalue weighted by Gasteiger charge is -2.45. The third-order valence-corrected chi connectivity index (χ3v) is 4.33. The zero-order valence-corrected chi connectivity index (χ0v) is 14.9. The van der Waals surface area contributed by atoms with Crippen molar-refractivity contribution < 1.29 is 38.8 Å². The van der Waals surface area contributed by atoms with Crippen LogP contribution in [0.2, 0.25) is 0 Å². The van der Waals surface area contributed by atoms with Gasteiger partial charge in [0.2, 0.25) is 6.35 Å². The van der Waals surface area contributed by atoms with E-state index < -0.39 is 37.1 Å². The van der Waals surface area contributed by atoms with Crippen LogP contribution in [0.4, 0.5) is 9.59 Å². The number of hydrogen-bond donors (Lipinski definition) is 2. The summed E-state index contributed by atoms with van der Waals surface area (Å²) in [7, 11) is 0. The third-order valence-electron chi connectivity index (χ3n) is 4.33. The fourth-order valence-corrected chi connectivity index (χ4v) is 2.63. The molecule has 0 radical (unpaired) electrons. The molecule has 0 aromatic rings. The number of ether oxygens (including phenoxy) is 3. The van der Waals surface area contributed by atoms with Crippen molar-refractivity contribution in [3.8, 4) is 0 Å². The molecule has 2 N–H and O–H groups in total. The van der Waals surface area contributed by atoms with Crippen LogP contribution in [0.1, 0.15) is 6.92 Å². The van der Waals surface area contributed by atoms with Crippen molar-refractivity contribution in [3.05, 3.63) is 12.2 Å². The van der Waals surface area contributed by atoms with Crippen LogP contribution in [0, 0.1) is 0 Å². The smallest absolute Gasteiger partial charge is 0.333 e. The van der Waals surface area contributed by atoms with Crippen molar-refractivity contribution >= 4 is 18.0 Å². The van der Waals surface area contributed by atoms with Crippen molar-refractivity contribution in [2.24, 2.45) is 0 Å². The molecular formula is C16H23N3O8. The molecule has 0 aromatic carbocycles. The minimum absolute atomic E-state index is 0.0538. The fourth-order valence-electron chi connectivity index (χ4n) is 2.63. The van der Waals surface area contributed by atoms with Crippen LogP contribution in [-0.2, 0) is 19.0 Å². The topological polar surface area (TPSA) is 136 Å². The van der Waals surface area contributed by atoms with Gasteiger partial charge in [-0.2, -0.15) is 0 Å². The molecule has 3 rings (SSSR count). The molecule has 0 aromatic heterocycles. The number of imide groups is 1. The first-order valence-electron chi connectivity index (χ1n) is 8.59. The number of hydrogen-bond acceptors (Lipinski definition) is 8. The first-order valence-corrected chi connectivity index (χ1v) is 8.59. The number of rotatable bonds is 9. The lowest BCUT2D eigenvalue weighted by molar-refractivity contribution is -0.152. The number of epoxide rings is 2. The van der Waals surface area contributed by atoms with Gasteiger partial charge in [0.15, 0.2) is 0 Å². The second-order valence-corrected chi connectivity index (χ2v) is 6.73. The largest absolute Gasteiger partial charge is 0.455 e. The van der Waals surface area contributed by atoms with Gasteiger partial charge in [0.25, 0.3) is 0 Å². The highest BCUT2D eigenvalue weighted by Crippen LogP contribution is 2.24. The van der Waals surface area contributed by atoms with E-state index in [2.05, 4.69) is 6.58 Å². The van der Waals surface area contributed by atoms with Gasteiger partial charge in [-0.05, 0) is 6.92 Å². The highest BCUT2D eigenvalue weighted by molar-refractivity contribution is 5.96. The molecule has 11 heteroatoms. The molecule has 3 fully saturated rings. The fraction of sp³-hybridized carbons (Fsp3) is 0.688. The molecule has 3 aliphatic heterocycles. The van der Waals surface area contributed by atoms with Crippen LogP contribution in [0.15, 0.2) is 12.2 Å². The van der Waals surface area contributed by atoms with Gasteiger partial charge in [0.1, 0.15) is 6.10 Å².